The molecule has 1 aromatic rings. The number of amides is 2. The summed E-state index contributed by atoms with van der Waals surface area (Å²) >= 11 is 1.59. The lowest BCUT2D eigenvalue weighted by atomic mass is 10.1. The molecule has 0 saturated heterocycles. The van der Waals surface area contributed by atoms with E-state index in [0.717, 1.165) is 17.7 Å². The molecule has 0 spiro atoms. The van der Waals surface area contributed by atoms with Crippen molar-refractivity contribution in [1.82, 2.24) is 10.6 Å². The minimum Gasteiger partial charge on any atom is -0.480 e. The van der Waals surface area contributed by atoms with Gasteiger partial charge in [0.15, 0.2) is 0 Å². The van der Waals surface area contributed by atoms with Gasteiger partial charge >= 0.3 is 12.0 Å². The van der Waals surface area contributed by atoms with Crippen LogP contribution in [0.2, 0.25) is 0 Å². The summed E-state index contributed by atoms with van der Waals surface area (Å²) in [5, 5.41) is 16.4. The Hall–Kier alpha value is -1.56. The second kappa shape index (κ2) is 7.89. The maximum atomic E-state index is 12.0. The summed E-state index contributed by atoms with van der Waals surface area (Å²) in [6.07, 6.45) is 1.77. The van der Waals surface area contributed by atoms with Crippen LogP contribution in [0.4, 0.5) is 4.79 Å². The molecule has 1 heterocycles. The molecule has 0 aliphatic rings. The molecule has 2 unspecified atom stereocenters. The molecule has 20 heavy (non-hydrogen) atoms. The number of carbonyl (C=O) groups is 2. The molecule has 3 N–H and O–H groups in total. The Bertz CT molecular complexity index is 432. The number of hydrogen-bond acceptors (Lipinski definition) is 3. The van der Waals surface area contributed by atoms with Gasteiger partial charge in [0.2, 0.25) is 0 Å². The van der Waals surface area contributed by atoms with E-state index in [-0.39, 0.29) is 12.0 Å². The first-order valence-electron chi connectivity index (χ1n) is 6.79. The lowest BCUT2D eigenvalue weighted by Gasteiger charge is -2.21. The van der Waals surface area contributed by atoms with Crippen LogP contribution < -0.4 is 10.6 Å². The fourth-order valence-electron chi connectivity index (χ4n) is 1.92. The molecule has 1 rings (SSSR count). The lowest BCUT2D eigenvalue weighted by Crippen LogP contribution is -2.49. The highest BCUT2D eigenvalue weighted by atomic mass is 32.1. The van der Waals surface area contributed by atoms with E-state index in [0.29, 0.717) is 0 Å². The first kappa shape index (κ1) is 16.5. The normalized spacial score (nSPS) is 13.8. The minimum absolute atomic E-state index is 0.0680. The van der Waals surface area contributed by atoms with Gasteiger partial charge in [0.1, 0.15) is 6.04 Å². The number of aliphatic carboxylic acids is 1. The minimum atomic E-state index is -1.02. The molecule has 0 radical (unpaired) electrons. The second-order valence-electron chi connectivity index (χ2n) is 5.03. The Morgan fingerprint density at radius 3 is 2.50 bits per heavy atom. The zero-order valence-electron chi connectivity index (χ0n) is 12.1. The van der Waals surface area contributed by atoms with Gasteiger partial charge in [-0.3, -0.25) is 0 Å². The SMILES string of the molecule is CCCC(NC(=O)NC(C(=O)O)C(C)C)c1cccs1. The smallest absolute Gasteiger partial charge is 0.326 e. The predicted octanol–water partition coefficient (Wildman–Crippen LogP) is 3.00. The van der Waals surface area contributed by atoms with Crippen LogP contribution in [0.5, 0.6) is 0 Å². The average Bonchev–Trinajstić information content (AvgIpc) is 2.88. The largest absolute Gasteiger partial charge is 0.480 e. The van der Waals surface area contributed by atoms with Crippen LogP contribution in [0.25, 0.3) is 0 Å². The zero-order valence-corrected chi connectivity index (χ0v) is 12.9. The van der Waals surface area contributed by atoms with Crippen LogP contribution in [0.1, 0.15) is 44.5 Å². The summed E-state index contributed by atoms with van der Waals surface area (Å²) in [5.41, 5.74) is 0. The van der Waals surface area contributed by atoms with E-state index >= 15 is 0 Å². The molecule has 0 bridgehead atoms. The lowest BCUT2D eigenvalue weighted by molar-refractivity contribution is -0.140. The molecule has 0 fully saturated rings. The van der Waals surface area contributed by atoms with Gasteiger partial charge in [-0.05, 0) is 23.8 Å². The van der Waals surface area contributed by atoms with Crippen molar-refractivity contribution >= 4 is 23.3 Å². The van der Waals surface area contributed by atoms with Crippen LogP contribution in [0.3, 0.4) is 0 Å². The van der Waals surface area contributed by atoms with Crippen LogP contribution in [-0.4, -0.2) is 23.1 Å². The van der Waals surface area contributed by atoms with Crippen LogP contribution >= 0.6 is 11.3 Å². The Labute approximate surface area is 123 Å². The first-order chi connectivity index (χ1) is 9.45. The van der Waals surface area contributed by atoms with Gasteiger partial charge < -0.3 is 15.7 Å². The number of nitrogens with one attached hydrogen (secondary N) is 2. The highest BCUT2D eigenvalue weighted by molar-refractivity contribution is 7.10. The molecular formula is C14H22N2O3S. The number of carboxylic acid groups (broad SMARTS) is 1. The molecule has 0 aliphatic carbocycles. The standard InChI is InChI=1S/C14H22N2O3S/c1-4-6-10(11-7-5-8-20-11)15-14(19)16-12(9(2)3)13(17)18/h5,7-10,12H,4,6H2,1-3H3,(H,17,18)(H2,15,16,19). The predicted molar refractivity (Wildman–Crippen MR) is 79.9 cm³/mol. The zero-order chi connectivity index (χ0) is 15.1. The second-order valence-corrected chi connectivity index (χ2v) is 6.01. The first-order valence-corrected chi connectivity index (χ1v) is 7.66. The molecule has 112 valence electrons. The van der Waals surface area contributed by atoms with E-state index in [1.807, 2.05) is 24.4 Å². The Morgan fingerprint density at radius 2 is 2.05 bits per heavy atom. The third kappa shape index (κ3) is 4.85. The van der Waals surface area contributed by atoms with Crippen LogP contribution in [0, 0.1) is 5.92 Å². The number of carbonyl (C=O) groups excluding carboxylic acids is 1. The fourth-order valence-corrected chi connectivity index (χ4v) is 2.73. The molecule has 0 aliphatic heterocycles. The number of hydrogen-bond donors (Lipinski definition) is 3. The molecule has 2 atom stereocenters. The Balaban J connectivity index is 2.64. The van der Waals surface area contributed by atoms with Gasteiger partial charge in [-0.25, -0.2) is 9.59 Å². The molecular weight excluding hydrogens is 276 g/mol. The molecule has 1 aromatic heterocycles. The van der Waals surface area contributed by atoms with E-state index in [1.54, 1.807) is 25.2 Å². The highest BCUT2D eigenvalue weighted by Gasteiger charge is 2.24. The maximum absolute atomic E-state index is 12.0. The van der Waals surface area contributed by atoms with Gasteiger partial charge in [0.05, 0.1) is 6.04 Å². The van der Waals surface area contributed by atoms with Crippen LogP contribution in [0.15, 0.2) is 17.5 Å². The van der Waals surface area contributed by atoms with Crippen molar-refractivity contribution in [3.05, 3.63) is 22.4 Å². The van der Waals surface area contributed by atoms with Crippen molar-refractivity contribution in [3.8, 4) is 0 Å². The molecule has 0 saturated carbocycles. The summed E-state index contributed by atoms with van der Waals surface area (Å²) in [6.45, 7) is 5.58. The Kier molecular flexibility index (Phi) is 6.51. The van der Waals surface area contributed by atoms with Gasteiger partial charge in [-0.2, -0.15) is 0 Å². The van der Waals surface area contributed by atoms with Gasteiger partial charge in [-0.15, -0.1) is 11.3 Å². The van der Waals surface area contributed by atoms with E-state index in [4.69, 9.17) is 5.11 Å². The van der Waals surface area contributed by atoms with Crippen molar-refractivity contribution in [3.63, 3.8) is 0 Å². The van der Waals surface area contributed by atoms with E-state index in [1.165, 1.54) is 0 Å². The van der Waals surface area contributed by atoms with E-state index in [9.17, 15) is 9.59 Å². The van der Waals surface area contributed by atoms with Crippen molar-refractivity contribution in [2.45, 2.75) is 45.7 Å². The van der Waals surface area contributed by atoms with E-state index in [2.05, 4.69) is 10.6 Å². The monoisotopic (exact) mass is 298 g/mol. The number of urea groups is 1. The highest BCUT2D eigenvalue weighted by Crippen LogP contribution is 2.23. The molecule has 6 heteroatoms. The van der Waals surface area contributed by atoms with Crippen molar-refractivity contribution < 1.29 is 14.7 Å². The van der Waals surface area contributed by atoms with Gasteiger partial charge in [0, 0.05) is 4.88 Å². The van der Waals surface area contributed by atoms with Crippen LogP contribution in [-0.2, 0) is 4.79 Å². The topological polar surface area (TPSA) is 78.4 Å². The quantitative estimate of drug-likeness (QED) is 0.724. The molecule has 5 nitrogen and oxygen atoms in total. The summed E-state index contributed by atoms with van der Waals surface area (Å²) < 4.78 is 0. The summed E-state index contributed by atoms with van der Waals surface area (Å²) in [7, 11) is 0. The Morgan fingerprint density at radius 1 is 1.35 bits per heavy atom. The van der Waals surface area contributed by atoms with Crippen molar-refractivity contribution in [1.29, 1.82) is 0 Å². The summed E-state index contributed by atoms with van der Waals surface area (Å²) in [4.78, 5) is 24.1. The van der Waals surface area contributed by atoms with E-state index < -0.39 is 18.0 Å². The van der Waals surface area contributed by atoms with Crippen molar-refractivity contribution in [2.75, 3.05) is 0 Å². The number of thiophene rings is 1. The third-order valence-corrected chi connectivity index (χ3v) is 3.97. The van der Waals surface area contributed by atoms with Gasteiger partial charge in [0.25, 0.3) is 0 Å². The summed E-state index contributed by atoms with van der Waals surface area (Å²) in [6, 6.07) is 2.54. The fraction of sp³-hybridized carbons (Fsp3) is 0.571. The molecule has 0 aromatic carbocycles. The van der Waals surface area contributed by atoms with Gasteiger partial charge in [-0.1, -0.05) is 33.3 Å². The average molecular weight is 298 g/mol. The summed E-state index contributed by atoms with van der Waals surface area (Å²) in [5.74, 6) is -1.18. The third-order valence-electron chi connectivity index (χ3n) is 2.99. The number of rotatable bonds is 7. The maximum Gasteiger partial charge on any atom is 0.326 e. The molecule has 2 amide bonds. The van der Waals surface area contributed by atoms with Crippen molar-refractivity contribution in [2.24, 2.45) is 5.92 Å². The number of carboxylic acids is 1.